The van der Waals surface area contributed by atoms with E-state index in [-0.39, 0.29) is 6.61 Å². The third kappa shape index (κ3) is 2.78. The van der Waals surface area contributed by atoms with Gasteiger partial charge in [-0.3, -0.25) is 0 Å². The van der Waals surface area contributed by atoms with Gasteiger partial charge in [0.25, 0.3) is 0 Å². The van der Waals surface area contributed by atoms with Crippen LogP contribution in [0.15, 0.2) is 30.3 Å². The van der Waals surface area contributed by atoms with Gasteiger partial charge in [-0.15, -0.1) is 0 Å². The van der Waals surface area contributed by atoms with Crippen LogP contribution in [0.1, 0.15) is 6.92 Å². The second-order valence-electron chi connectivity index (χ2n) is 4.23. The van der Waals surface area contributed by atoms with Crippen molar-refractivity contribution in [3.8, 4) is 0 Å². The summed E-state index contributed by atoms with van der Waals surface area (Å²) in [4.78, 5) is 0. The van der Waals surface area contributed by atoms with Gasteiger partial charge in [0.1, 0.15) is 0 Å². The summed E-state index contributed by atoms with van der Waals surface area (Å²) in [5, 5.41) is 0. The average Bonchev–Trinajstić information content (AvgIpc) is 2.51. The van der Waals surface area contributed by atoms with Gasteiger partial charge < -0.3 is 4.65 Å². The summed E-state index contributed by atoms with van der Waals surface area (Å²) in [6, 6.07) is 7.78. The number of benzene rings is 2. The van der Waals surface area contributed by atoms with Crippen LogP contribution in [0.25, 0.3) is 0 Å². The van der Waals surface area contributed by atoms with Crippen molar-refractivity contribution in [3.05, 3.63) is 59.4 Å². The molecule has 0 N–H and O–H groups in total. The molecule has 21 heavy (non-hydrogen) atoms. The summed E-state index contributed by atoms with van der Waals surface area (Å²) in [5.41, 5.74) is -0.693. The van der Waals surface area contributed by atoms with Crippen LogP contribution in [0.2, 0.25) is 0 Å². The molecule has 2 aromatic carbocycles. The molecule has 0 radical (unpaired) electrons. The Kier molecular flexibility index (Phi) is 4.62. The van der Waals surface area contributed by atoms with Crippen molar-refractivity contribution in [2.45, 2.75) is 6.92 Å². The molecule has 0 aliphatic heterocycles. The maximum absolute atomic E-state index is 13.9. The summed E-state index contributed by atoms with van der Waals surface area (Å²) in [7, 11) is 0. The average molecular weight is 300 g/mol. The molecule has 1 nitrogen and oxygen atoms in total. The predicted octanol–water partition coefficient (Wildman–Crippen LogP) is 2.52. The normalized spacial score (nSPS) is 10.8. The van der Waals surface area contributed by atoms with Gasteiger partial charge in [-0.05, 0) is 12.4 Å². The molecular weight excluding hydrogens is 290 g/mol. The number of halogens is 5. The van der Waals surface area contributed by atoms with Gasteiger partial charge >= 0.3 is 6.92 Å². The first-order valence-electron chi connectivity index (χ1n) is 6.16. The van der Waals surface area contributed by atoms with Crippen LogP contribution in [0.4, 0.5) is 22.0 Å². The molecule has 0 atom stereocenters. The Labute approximate surface area is 118 Å². The summed E-state index contributed by atoms with van der Waals surface area (Å²) in [6.07, 6.45) is 0. The minimum absolute atomic E-state index is 0.0407. The number of hydrogen-bond acceptors (Lipinski definition) is 1. The molecule has 0 amide bonds. The lowest BCUT2D eigenvalue weighted by molar-refractivity contribution is 0.350. The predicted molar refractivity (Wildman–Crippen MR) is 69.3 cm³/mol. The minimum Gasteiger partial charge on any atom is -0.427 e. The summed E-state index contributed by atoms with van der Waals surface area (Å²) in [5.74, 6) is -9.91. The Balaban J connectivity index is 2.67. The second-order valence-corrected chi connectivity index (χ2v) is 4.23. The molecule has 0 heterocycles. The SMILES string of the molecule is CCOB(c1ccccc1)c1c(F)c(F)c(F)c(F)c1F. The van der Waals surface area contributed by atoms with Crippen molar-refractivity contribution in [1.82, 2.24) is 0 Å². The van der Waals surface area contributed by atoms with Crippen LogP contribution >= 0.6 is 0 Å². The van der Waals surface area contributed by atoms with E-state index < -0.39 is 41.5 Å². The fourth-order valence-electron chi connectivity index (χ4n) is 1.99. The van der Waals surface area contributed by atoms with E-state index in [1.54, 1.807) is 25.1 Å². The van der Waals surface area contributed by atoms with Crippen LogP contribution < -0.4 is 10.9 Å². The van der Waals surface area contributed by atoms with Gasteiger partial charge in [0, 0.05) is 12.1 Å². The fourth-order valence-corrected chi connectivity index (χ4v) is 1.99. The van der Waals surface area contributed by atoms with Gasteiger partial charge in [0.2, 0.25) is 0 Å². The van der Waals surface area contributed by atoms with Crippen LogP contribution in [-0.2, 0) is 4.65 Å². The third-order valence-electron chi connectivity index (χ3n) is 2.94. The molecule has 110 valence electrons. The molecule has 2 aromatic rings. The van der Waals surface area contributed by atoms with Crippen molar-refractivity contribution >= 4 is 17.8 Å². The standard InChI is InChI=1S/C14H10BF5O/c1-2-21-15(8-6-4-3-5-7-8)9-10(16)12(18)14(20)13(19)11(9)17/h3-7H,2H2,1H3. The zero-order chi connectivity index (χ0) is 15.6. The molecule has 0 saturated heterocycles. The first-order valence-corrected chi connectivity index (χ1v) is 6.16. The Morgan fingerprint density at radius 3 is 1.76 bits per heavy atom. The molecule has 0 aromatic heterocycles. The number of rotatable bonds is 4. The Morgan fingerprint density at radius 2 is 1.29 bits per heavy atom. The largest absolute Gasteiger partial charge is 0.427 e. The van der Waals surface area contributed by atoms with Gasteiger partial charge in [-0.1, -0.05) is 30.3 Å². The van der Waals surface area contributed by atoms with E-state index in [0.717, 1.165) is 0 Å². The van der Waals surface area contributed by atoms with E-state index in [9.17, 15) is 22.0 Å². The molecular formula is C14H10BF5O. The van der Waals surface area contributed by atoms with Crippen molar-refractivity contribution in [3.63, 3.8) is 0 Å². The molecule has 0 fully saturated rings. The lowest BCUT2D eigenvalue weighted by Crippen LogP contribution is -2.49. The Morgan fingerprint density at radius 1 is 0.810 bits per heavy atom. The zero-order valence-corrected chi connectivity index (χ0v) is 11.0. The van der Waals surface area contributed by atoms with E-state index in [0.29, 0.717) is 5.46 Å². The van der Waals surface area contributed by atoms with Crippen molar-refractivity contribution in [1.29, 1.82) is 0 Å². The van der Waals surface area contributed by atoms with Crippen molar-refractivity contribution in [2.75, 3.05) is 6.61 Å². The first kappa shape index (κ1) is 15.5. The molecule has 0 bridgehead atoms. The molecule has 7 heteroatoms. The topological polar surface area (TPSA) is 9.23 Å². The van der Waals surface area contributed by atoms with E-state index in [1.165, 1.54) is 12.1 Å². The zero-order valence-electron chi connectivity index (χ0n) is 11.0. The van der Waals surface area contributed by atoms with Crippen LogP contribution in [0, 0.1) is 29.1 Å². The maximum atomic E-state index is 13.9. The third-order valence-corrected chi connectivity index (χ3v) is 2.94. The number of hydrogen-bond donors (Lipinski definition) is 0. The monoisotopic (exact) mass is 300 g/mol. The van der Waals surface area contributed by atoms with Crippen molar-refractivity contribution < 1.29 is 26.6 Å². The fraction of sp³-hybridized carbons (Fsp3) is 0.143. The van der Waals surface area contributed by atoms with Crippen LogP contribution in [0.5, 0.6) is 0 Å². The highest BCUT2D eigenvalue weighted by Crippen LogP contribution is 2.17. The van der Waals surface area contributed by atoms with Gasteiger partial charge in [0.05, 0.1) is 0 Å². The van der Waals surface area contributed by atoms with Gasteiger partial charge in [-0.25, -0.2) is 22.0 Å². The Bertz CT molecular complexity index is 619. The maximum Gasteiger partial charge on any atom is 0.367 e. The highest BCUT2D eigenvalue weighted by atomic mass is 19.2. The molecule has 0 aliphatic rings. The summed E-state index contributed by atoms with van der Waals surface area (Å²) >= 11 is 0. The Hall–Kier alpha value is -1.89. The lowest BCUT2D eigenvalue weighted by Gasteiger charge is -2.16. The minimum atomic E-state index is -2.18. The second kappa shape index (κ2) is 6.26. The van der Waals surface area contributed by atoms with E-state index in [2.05, 4.69) is 0 Å². The molecule has 2 rings (SSSR count). The van der Waals surface area contributed by atoms with E-state index >= 15 is 0 Å². The quantitative estimate of drug-likeness (QED) is 0.365. The van der Waals surface area contributed by atoms with E-state index in [1.807, 2.05) is 0 Å². The smallest absolute Gasteiger partial charge is 0.367 e. The van der Waals surface area contributed by atoms with Crippen LogP contribution in [-0.4, -0.2) is 13.5 Å². The summed E-state index contributed by atoms with van der Waals surface area (Å²) < 4.78 is 72.6. The molecule has 0 saturated carbocycles. The van der Waals surface area contributed by atoms with Gasteiger partial charge in [0.15, 0.2) is 29.1 Å². The highest BCUT2D eigenvalue weighted by Gasteiger charge is 2.34. The van der Waals surface area contributed by atoms with E-state index in [4.69, 9.17) is 4.65 Å². The highest BCUT2D eigenvalue weighted by molar-refractivity contribution is 6.80. The lowest BCUT2D eigenvalue weighted by atomic mass is 9.55. The molecule has 0 spiro atoms. The van der Waals surface area contributed by atoms with Crippen molar-refractivity contribution in [2.24, 2.45) is 0 Å². The molecule has 0 unspecified atom stereocenters. The molecule has 0 aliphatic carbocycles. The summed E-state index contributed by atoms with van der Waals surface area (Å²) in [6.45, 7) is 0.224. The van der Waals surface area contributed by atoms with Crippen LogP contribution in [0.3, 0.4) is 0 Å². The first-order chi connectivity index (χ1) is 9.99. The van der Waals surface area contributed by atoms with Gasteiger partial charge in [-0.2, -0.15) is 0 Å².